The van der Waals surface area contributed by atoms with Gasteiger partial charge in [0.2, 0.25) is 11.9 Å². The molecule has 1 aliphatic heterocycles. The van der Waals surface area contributed by atoms with E-state index in [4.69, 9.17) is 14.7 Å². The summed E-state index contributed by atoms with van der Waals surface area (Å²) in [6.07, 6.45) is 12.9. The van der Waals surface area contributed by atoms with Crippen molar-refractivity contribution >= 4 is 23.5 Å². The molecule has 0 spiro atoms. The van der Waals surface area contributed by atoms with Crippen LogP contribution in [0.15, 0.2) is 67.3 Å². The Morgan fingerprint density at radius 2 is 1.73 bits per heavy atom. The molecule has 12 nitrogen and oxygen atoms in total. The first kappa shape index (κ1) is 32.8. The van der Waals surface area contributed by atoms with Crippen molar-refractivity contribution in [3.05, 3.63) is 78.4 Å². The van der Waals surface area contributed by atoms with Crippen molar-refractivity contribution in [3.63, 3.8) is 0 Å². The molecule has 1 aromatic carbocycles. The lowest BCUT2D eigenvalue weighted by Gasteiger charge is -2.37. The number of carbonyl (C=O) groups excluding carboxylic acids is 1. The standard InChI is InChI=1S/C36H41N9O3/c1-48-36-40-23-28(24-41-36)26-10-15-32(38-21-26)45(33(47)16-9-25-6-3-2-4-7-25)30-13-11-29(12-14-30)42-35-39-22-27(20-37)34(43-35)44-18-5-8-31(46)17-19-44/h2-4,6-7,10,15,21-24,29-31,46H,5,8-9,11-14,16-19H2,1H3,(H,39,42,43)/t29-,30-,31?. The van der Waals surface area contributed by atoms with Crippen LogP contribution >= 0.6 is 0 Å². The van der Waals surface area contributed by atoms with Crippen LogP contribution in [0.5, 0.6) is 6.01 Å². The highest BCUT2D eigenvalue weighted by atomic mass is 16.5. The molecule has 4 heterocycles. The number of aromatic nitrogens is 5. The Labute approximate surface area is 280 Å². The highest BCUT2D eigenvalue weighted by molar-refractivity contribution is 5.93. The molecule has 3 aromatic heterocycles. The molecule has 0 bridgehead atoms. The molecule has 2 aliphatic rings. The third kappa shape index (κ3) is 8.04. The highest BCUT2D eigenvalue weighted by Gasteiger charge is 2.31. The maximum absolute atomic E-state index is 13.9. The number of aliphatic hydroxyl groups excluding tert-OH is 1. The van der Waals surface area contributed by atoms with Crippen molar-refractivity contribution < 1.29 is 14.6 Å². The largest absolute Gasteiger partial charge is 0.467 e. The van der Waals surface area contributed by atoms with Crippen molar-refractivity contribution in [1.29, 1.82) is 5.26 Å². The first-order valence-corrected chi connectivity index (χ1v) is 16.7. The minimum atomic E-state index is -0.323. The lowest BCUT2D eigenvalue weighted by Crippen LogP contribution is -2.45. The first-order chi connectivity index (χ1) is 23.5. The van der Waals surface area contributed by atoms with E-state index in [0.29, 0.717) is 55.0 Å². The van der Waals surface area contributed by atoms with E-state index in [0.717, 1.165) is 61.8 Å². The maximum atomic E-state index is 13.9. The van der Waals surface area contributed by atoms with Crippen molar-refractivity contribution in [2.75, 3.05) is 35.3 Å². The number of nitrogens with one attached hydrogen (secondary N) is 1. The van der Waals surface area contributed by atoms with Crippen molar-refractivity contribution in [2.24, 2.45) is 0 Å². The second-order valence-corrected chi connectivity index (χ2v) is 12.4. The van der Waals surface area contributed by atoms with E-state index in [2.05, 4.69) is 31.2 Å². The molecule has 4 aromatic rings. The Balaban J connectivity index is 1.15. The molecule has 1 amide bonds. The number of aryl methyl sites for hydroxylation is 1. The molecule has 1 saturated heterocycles. The number of hydrogen-bond donors (Lipinski definition) is 2. The minimum Gasteiger partial charge on any atom is -0.467 e. The van der Waals surface area contributed by atoms with Crippen LogP contribution in [0.1, 0.15) is 62.5 Å². The summed E-state index contributed by atoms with van der Waals surface area (Å²) in [6.45, 7) is 1.39. The van der Waals surface area contributed by atoms with Crippen LogP contribution in [0.25, 0.3) is 11.1 Å². The molecule has 0 radical (unpaired) electrons. The van der Waals surface area contributed by atoms with E-state index in [9.17, 15) is 15.2 Å². The van der Waals surface area contributed by atoms with E-state index in [1.165, 1.54) is 7.11 Å². The van der Waals surface area contributed by atoms with Crippen LogP contribution in [-0.4, -0.2) is 74.3 Å². The van der Waals surface area contributed by atoms with Gasteiger partial charge in [-0.2, -0.15) is 10.2 Å². The van der Waals surface area contributed by atoms with Crippen molar-refractivity contribution in [3.8, 4) is 23.2 Å². The Bertz CT molecular complexity index is 1690. The van der Waals surface area contributed by atoms with Gasteiger partial charge in [0.1, 0.15) is 17.5 Å². The van der Waals surface area contributed by atoms with Crippen LogP contribution in [-0.2, 0) is 11.2 Å². The number of amides is 1. The number of nitrogens with zero attached hydrogens (tertiary/aromatic N) is 8. The zero-order valence-electron chi connectivity index (χ0n) is 27.2. The Morgan fingerprint density at radius 1 is 0.958 bits per heavy atom. The van der Waals surface area contributed by atoms with Crippen molar-refractivity contribution in [1.82, 2.24) is 24.9 Å². The molecule has 12 heteroatoms. The second-order valence-electron chi connectivity index (χ2n) is 12.4. The molecule has 2 N–H and O–H groups in total. The second kappa shape index (κ2) is 15.6. The van der Waals surface area contributed by atoms with Gasteiger partial charge in [-0.1, -0.05) is 30.3 Å². The molecule has 1 unspecified atom stereocenters. The summed E-state index contributed by atoms with van der Waals surface area (Å²) in [5, 5.41) is 23.3. The SMILES string of the molecule is COc1ncc(-c2ccc(N(C(=O)CCc3ccccc3)[C@H]3CC[C@H](Nc4ncc(C#N)c(N5CCCC(O)CC5)n4)CC3)nc2)cn1. The Kier molecular flexibility index (Phi) is 10.7. The molecular weight excluding hydrogens is 606 g/mol. The monoisotopic (exact) mass is 647 g/mol. The molecule has 248 valence electrons. The fraction of sp³-hybridized carbons (Fsp3) is 0.417. The van der Waals surface area contributed by atoms with E-state index >= 15 is 0 Å². The summed E-state index contributed by atoms with van der Waals surface area (Å²) < 4.78 is 5.08. The molecule has 6 rings (SSSR count). The fourth-order valence-corrected chi connectivity index (χ4v) is 6.52. The summed E-state index contributed by atoms with van der Waals surface area (Å²) >= 11 is 0. The molecule has 1 aliphatic carbocycles. The smallest absolute Gasteiger partial charge is 0.316 e. The molecular formula is C36H41N9O3. The van der Waals surface area contributed by atoms with Gasteiger partial charge in [-0.3, -0.25) is 9.69 Å². The van der Waals surface area contributed by atoms with Crippen LogP contribution in [0.2, 0.25) is 0 Å². The number of nitriles is 1. The highest BCUT2D eigenvalue weighted by Crippen LogP contribution is 2.31. The van der Waals surface area contributed by atoms with Gasteiger partial charge >= 0.3 is 6.01 Å². The number of methoxy groups -OCH3 is 1. The Morgan fingerprint density at radius 3 is 2.44 bits per heavy atom. The molecule has 1 atom stereocenters. The summed E-state index contributed by atoms with van der Waals surface area (Å²) in [5.41, 5.74) is 3.22. The fourth-order valence-electron chi connectivity index (χ4n) is 6.52. The summed E-state index contributed by atoms with van der Waals surface area (Å²) in [6, 6.07) is 16.6. The number of rotatable bonds is 10. The van der Waals surface area contributed by atoms with E-state index in [1.807, 2.05) is 47.4 Å². The topological polar surface area (TPSA) is 153 Å². The summed E-state index contributed by atoms with van der Waals surface area (Å²) in [7, 11) is 1.53. The number of ether oxygens (including phenoxy) is 1. The predicted octanol–water partition coefficient (Wildman–Crippen LogP) is 4.95. The van der Waals surface area contributed by atoms with Gasteiger partial charge in [0, 0.05) is 61.3 Å². The third-order valence-corrected chi connectivity index (χ3v) is 9.16. The van der Waals surface area contributed by atoms with Crippen LogP contribution in [0.4, 0.5) is 17.6 Å². The number of benzene rings is 1. The van der Waals surface area contributed by atoms with Gasteiger partial charge < -0.3 is 20.1 Å². The van der Waals surface area contributed by atoms with E-state index in [-0.39, 0.29) is 24.1 Å². The number of pyridine rings is 1. The third-order valence-electron chi connectivity index (χ3n) is 9.16. The van der Waals surface area contributed by atoms with Crippen LogP contribution < -0.4 is 19.9 Å². The lowest BCUT2D eigenvalue weighted by molar-refractivity contribution is -0.119. The predicted molar refractivity (Wildman–Crippen MR) is 183 cm³/mol. The number of carbonyl (C=O) groups is 1. The molecule has 48 heavy (non-hydrogen) atoms. The lowest BCUT2D eigenvalue weighted by atomic mass is 9.89. The van der Waals surface area contributed by atoms with Gasteiger partial charge in [-0.05, 0) is 69.1 Å². The Hall–Kier alpha value is -5.15. The molecule has 1 saturated carbocycles. The maximum Gasteiger partial charge on any atom is 0.316 e. The number of aliphatic hydroxyl groups is 1. The number of anilines is 3. The zero-order chi connectivity index (χ0) is 33.3. The summed E-state index contributed by atoms with van der Waals surface area (Å²) in [4.78, 5) is 40.2. The van der Waals surface area contributed by atoms with Gasteiger partial charge in [0.05, 0.1) is 19.4 Å². The van der Waals surface area contributed by atoms with Gasteiger partial charge in [0.25, 0.3) is 0 Å². The quantitative estimate of drug-likeness (QED) is 0.240. The average Bonchev–Trinajstić information content (AvgIpc) is 3.36. The van der Waals surface area contributed by atoms with Crippen LogP contribution in [0, 0.1) is 11.3 Å². The summed E-state index contributed by atoms with van der Waals surface area (Å²) in [5.74, 6) is 1.78. The van der Waals surface area contributed by atoms with Crippen molar-refractivity contribution in [2.45, 2.75) is 76.0 Å². The normalized spacial score (nSPS) is 19.5. The van der Waals surface area contributed by atoms with Gasteiger partial charge in [-0.25, -0.2) is 19.9 Å². The minimum absolute atomic E-state index is 0.00466. The van der Waals surface area contributed by atoms with Crippen LogP contribution in [0.3, 0.4) is 0 Å². The van der Waals surface area contributed by atoms with Gasteiger partial charge in [0.15, 0.2) is 5.82 Å². The average molecular weight is 648 g/mol. The van der Waals surface area contributed by atoms with E-state index in [1.54, 1.807) is 24.8 Å². The number of hydrogen-bond acceptors (Lipinski definition) is 11. The molecule has 2 fully saturated rings. The zero-order valence-corrected chi connectivity index (χ0v) is 27.2. The van der Waals surface area contributed by atoms with Gasteiger partial charge in [-0.15, -0.1) is 0 Å². The van der Waals surface area contributed by atoms with E-state index < -0.39 is 0 Å². The first-order valence-electron chi connectivity index (χ1n) is 16.7.